The van der Waals surface area contributed by atoms with Gasteiger partial charge in [0.1, 0.15) is 5.76 Å². The van der Waals surface area contributed by atoms with Crippen LogP contribution in [0.5, 0.6) is 0 Å². The van der Waals surface area contributed by atoms with Crippen molar-refractivity contribution in [3.05, 3.63) is 23.7 Å². The molecule has 0 aliphatic heterocycles. The number of aldehydes is 1. The Labute approximate surface area is 97.4 Å². The van der Waals surface area contributed by atoms with Gasteiger partial charge in [-0.3, -0.25) is 9.69 Å². The second kappa shape index (κ2) is 4.83. The van der Waals surface area contributed by atoms with Gasteiger partial charge in [0, 0.05) is 6.04 Å². The second-order valence-corrected chi connectivity index (χ2v) is 5.38. The molecule has 0 amide bonds. The Morgan fingerprint density at radius 1 is 1.44 bits per heavy atom. The molecule has 1 unspecified atom stereocenters. The van der Waals surface area contributed by atoms with Crippen molar-refractivity contribution in [3.63, 3.8) is 0 Å². The van der Waals surface area contributed by atoms with E-state index in [4.69, 9.17) is 4.42 Å². The highest BCUT2D eigenvalue weighted by Gasteiger charge is 2.24. The van der Waals surface area contributed by atoms with Gasteiger partial charge in [-0.2, -0.15) is 0 Å². The molecule has 0 aromatic carbocycles. The Balaban J connectivity index is 2.63. The molecule has 1 heterocycles. The van der Waals surface area contributed by atoms with Gasteiger partial charge in [-0.1, -0.05) is 20.8 Å². The molecule has 1 aromatic rings. The van der Waals surface area contributed by atoms with Gasteiger partial charge in [0.25, 0.3) is 0 Å². The summed E-state index contributed by atoms with van der Waals surface area (Å²) in [6, 6.07) is 4.00. The first-order chi connectivity index (χ1) is 7.34. The Hall–Kier alpha value is -1.09. The van der Waals surface area contributed by atoms with Crippen LogP contribution in [0.4, 0.5) is 0 Å². The molecule has 0 N–H and O–H groups in total. The lowest BCUT2D eigenvalue weighted by Gasteiger charge is -2.34. The van der Waals surface area contributed by atoms with Crippen LogP contribution in [0, 0.1) is 5.41 Å². The second-order valence-electron chi connectivity index (χ2n) is 5.38. The van der Waals surface area contributed by atoms with Gasteiger partial charge in [0.15, 0.2) is 12.0 Å². The molecule has 3 nitrogen and oxygen atoms in total. The van der Waals surface area contributed by atoms with E-state index >= 15 is 0 Å². The summed E-state index contributed by atoms with van der Waals surface area (Å²) in [4.78, 5) is 12.7. The number of hydrogen-bond donors (Lipinski definition) is 0. The predicted octanol–water partition coefficient (Wildman–Crippen LogP) is 2.96. The Bertz CT molecular complexity index is 349. The van der Waals surface area contributed by atoms with Gasteiger partial charge >= 0.3 is 0 Å². The van der Waals surface area contributed by atoms with Gasteiger partial charge in [0.05, 0.1) is 6.54 Å². The summed E-state index contributed by atoms with van der Waals surface area (Å²) >= 11 is 0. The Morgan fingerprint density at radius 2 is 2.06 bits per heavy atom. The van der Waals surface area contributed by atoms with E-state index in [1.54, 1.807) is 6.07 Å². The SMILES string of the molecule is CC(N(C)Cc1ccc(C=O)o1)C(C)(C)C. The topological polar surface area (TPSA) is 33.5 Å². The summed E-state index contributed by atoms with van der Waals surface area (Å²) in [5, 5.41) is 0. The first-order valence-electron chi connectivity index (χ1n) is 5.58. The monoisotopic (exact) mass is 223 g/mol. The molecular weight excluding hydrogens is 202 g/mol. The van der Waals surface area contributed by atoms with Gasteiger partial charge in [-0.05, 0) is 31.5 Å². The summed E-state index contributed by atoms with van der Waals surface area (Å²) in [5.74, 6) is 1.23. The van der Waals surface area contributed by atoms with E-state index in [2.05, 4.69) is 39.6 Å². The molecule has 90 valence electrons. The molecule has 3 heteroatoms. The van der Waals surface area contributed by atoms with Crippen LogP contribution in [0.1, 0.15) is 44.0 Å². The standard InChI is InChI=1S/C13H21NO2/c1-10(13(2,3)4)14(5)8-11-6-7-12(9-15)16-11/h6-7,9-10H,8H2,1-5H3. The fourth-order valence-electron chi connectivity index (χ4n) is 1.59. The molecule has 0 radical (unpaired) electrons. The van der Waals surface area contributed by atoms with Crippen LogP contribution in [0.3, 0.4) is 0 Å². The smallest absolute Gasteiger partial charge is 0.185 e. The van der Waals surface area contributed by atoms with Crippen LogP contribution in [-0.4, -0.2) is 24.3 Å². The number of rotatable bonds is 4. The zero-order valence-corrected chi connectivity index (χ0v) is 10.8. The van der Waals surface area contributed by atoms with E-state index in [9.17, 15) is 4.79 Å². The van der Waals surface area contributed by atoms with E-state index in [1.165, 1.54) is 0 Å². The van der Waals surface area contributed by atoms with Crippen molar-refractivity contribution in [1.29, 1.82) is 0 Å². The number of nitrogens with zero attached hydrogens (tertiary/aromatic N) is 1. The summed E-state index contributed by atoms with van der Waals surface area (Å²) in [7, 11) is 2.07. The third kappa shape index (κ3) is 3.20. The molecule has 0 spiro atoms. The van der Waals surface area contributed by atoms with Gasteiger partial charge in [-0.15, -0.1) is 0 Å². The minimum atomic E-state index is 0.231. The highest BCUT2D eigenvalue weighted by atomic mass is 16.3. The molecule has 16 heavy (non-hydrogen) atoms. The maximum atomic E-state index is 10.5. The maximum Gasteiger partial charge on any atom is 0.185 e. The average molecular weight is 223 g/mol. The lowest BCUT2D eigenvalue weighted by Crippen LogP contribution is -2.38. The molecule has 1 atom stereocenters. The minimum absolute atomic E-state index is 0.231. The molecule has 0 saturated carbocycles. The van der Waals surface area contributed by atoms with E-state index in [0.29, 0.717) is 11.8 Å². The quantitative estimate of drug-likeness (QED) is 0.736. The van der Waals surface area contributed by atoms with Gasteiger partial charge < -0.3 is 4.42 Å². The molecule has 0 fully saturated rings. The third-order valence-corrected chi connectivity index (χ3v) is 3.12. The lowest BCUT2D eigenvalue weighted by atomic mass is 9.87. The Morgan fingerprint density at radius 3 is 2.50 bits per heavy atom. The van der Waals surface area contributed by atoms with Crippen molar-refractivity contribution in [3.8, 4) is 0 Å². The van der Waals surface area contributed by atoms with Crippen LogP contribution >= 0.6 is 0 Å². The van der Waals surface area contributed by atoms with E-state index < -0.39 is 0 Å². The number of furan rings is 1. The number of hydrogen-bond acceptors (Lipinski definition) is 3. The van der Waals surface area contributed by atoms with Crippen molar-refractivity contribution in [2.24, 2.45) is 5.41 Å². The fourth-order valence-corrected chi connectivity index (χ4v) is 1.59. The zero-order valence-electron chi connectivity index (χ0n) is 10.8. The summed E-state index contributed by atoms with van der Waals surface area (Å²) in [6.07, 6.45) is 0.733. The Kier molecular flexibility index (Phi) is 3.92. The van der Waals surface area contributed by atoms with Crippen LogP contribution in [0.25, 0.3) is 0 Å². The van der Waals surface area contributed by atoms with Crippen molar-refractivity contribution >= 4 is 6.29 Å². The first kappa shape index (κ1) is 13.0. The molecule has 0 bridgehead atoms. The summed E-state index contributed by atoms with van der Waals surface area (Å²) in [5.41, 5.74) is 0.231. The molecule has 1 rings (SSSR count). The molecule has 1 aromatic heterocycles. The van der Waals surface area contributed by atoms with Gasteiger partial charge in [-0.25, -0.2) is 0 Å². The third-order valence-electron chi connectivity index (χ3n) is 3.12. The van der Waals surface area contributed by atoms with Crippen molar-refractivity contribution < 1.29 is 9.21 Å². The highest BCUT2D eigenvalue weighted by Crippen LogP contribution is 2.24. The lowest BCUT2D eigenvalue weighted by molar-refractivity contribution is 0.108. The molecule has 0 saturated heterocycles. The van der Waals surface area contributed by atoms with E-state index in [1.807, 2.05) is 6.07 Å². The average Bonchev–Trinajstić information content (AvgIpc) is 2.63. The van der Waals surface area contributed by atoms with Crippen molar-refractivity contribution in [2.75, 3.05) is 7.05 Å². The van der Waals surface area contributed by atoms with E-state index in [-0.39, 0.29) is 5.41 Å². The zero-order chi connectivity index (χ0) is 12.3. The van der Waals surface area contributed by atoms with E-state index in [0.717, 1.165) is 18.6 Å². The summed E-state index contributed by atoms with van der Waals surface area (Å²) < 4.78 is 5.36. The minimum Gasteiger partial charge on any atom is -0.457 e. The fraction of sp³-hybridized carbons (Fsp3) is 0.615. The molecular formula is C13H21NO2. The van der Waals surface area contributed by atoms with Crippen molar-refractivity contribution in [2.45, 2.75) is 40.3 Å². The van der Waals surface area contributed by atoms with Crippen LogP contribution in [0.15, 0.2) is 16.5 Å². The predicted molar refractivity (Wildman–Crippen MR) is 64.5 cm³/mol. The number of carbonyl (C=O) groups is 1. The number of carbonyl (C=O) groups excluding carboxylic acids is 1. The normalized spacial score (nSPS) is 14.1. The van der Waals surface area contributed by atoms with Gasteiger partial charge in [0.2, 0.25) is 0 Å². The largest absolute Gasteiger partial charge is 0.457 e. The molecule has 0 aliphatic carbocycles. The van der Waals surface area contributed by atoms with Crippen LogP contribution < -0.4 is 0 Å². The summed E-state index contributed by atoms with van der Waals surface area (Å²) in [6.45, 7) is 9.57. The molecule has 0 aliphatic rings. The maximum absolute atomic E-state index is 10.5. The van der Waals surface area contributed by atoms with Crippen LogP contribution in [-0.2, 0) is 6.54 Å². The highest BCUT2D eigenvalue weighted by molar-refractivity contribution is 5.70. The van der Waals surface area contributed by atoms with Crippen molar-refractivity contribution in [1.82, 2.24) is 4.90 Å². The first-order valence-corrected chi connectivity index (χ1v) is 5.58. The van der Waals surface area contributed by atoms with Crippen LogP contribution in [0.2, 0.25) is 0 Å².